The maximum Gasteiger partial charge on any atom is 0.337 e. The Balaban J connectivity index is 1.79. The van der Waals surface area contributed by atoms with Gasteiger partial charge in [-0.25, -0.2) is 4.79 Å². The number of carbonyl (C=O) groups is 1. The number of carboxylic acid groups (broad SMARTS) is 1. The Morgan fingerprint density at radius 2 is 1.93 bits per heavy atom. The Morgan fingerprint density at radius 1 is 1.11 bits per heavy atom. The molecule has 0 amide bonds. The van der Waals surface area contributed by atoms with Crippen LogP contribution in [0.3, 0.4) is 0 Å². The highest BCUT2D eigenvalue weighted by molar-refractivity contribution is 7.99. The first-order valence-corrected chi connectivity index (χ1v) is 9.69. The molecule has 28 heavy (non-hydrogen) atoms. The van der Waals surface area contributed by atoms with Gasteiger partial charge in [-0.15, -0.1) is 0 Å². The summed E-state index contributed by atoms with van der Waals surface area (Å²) in [6.07, 6.45) is 0. The first kappa shape index (κ1) is 18.3. The molecule has 0 spiro atoms. The summed E-state index contributed by atoms with van der Waals surface area (Å²) < 4.78 is 5.37. The largest absolute Gasteiger partial charge is 0.497 e. The SMILES string of the molecule is COc1ccc2c(c1)Sc1cccc(C(=O)O)c1N2CNc1ccccc1C. The molecule has 1 aliphatic heterocycles. The van der Waals surface area contributed by atoms with Crippen LogP contribution in [0.4, 0.5) is 17.1 Å². The Morgan fingerprint density at radius 3 is 2.68 bits per heavy atom. The second kappa shape index (κ2) is 7.48. The average Bonchev–Trinajstić information content (AvgIpc) is 2.71. The molecule has 4 rings (SSSR count). The molecule has 0 aliphatic carbocycles. The van der Waals surface area contributed by atoms with Crippen LogP contribution >= 0.6 is 11.8 Å². The lowest BCUT2D eigenvalue weighted by Gasteiger charge is -2.34. The minimum atomic E-state index is -0.935. The van der Waals surface area contributed by atoms with Crippen molar-refractivity contribution in [2.45, 2.75) is 16.7 Å². The van der Waals surface area contributed by atoms with Crippen molar-refractivity contribution in [3.63, 3.8) is 0 Å². The predicted molar refractivity (Wildman–Crippen MR) is 112 cm³/mol. The predicted octanol–water partition coefficient (Wildman–Crippen LogP) is 5.37. The van der Waals surface area contributed by atoms with E-state index in [0.717, 1.165) is 32.5 Å². The normalized spacial score (nSPS) is 12.1. The van der Waals surface area contributed by atoms with Crippen molar-refractivity contribution in [1.29, 1.82) is 0 Å². The number of aromatic carboxylic acids is 1. The van der Waals surface area contributed by atoms with Gasteiger partial charge in [0.05, 0.1) is 30.7 Å². The Bertz CT molecular complexity index is 1050. The lowest BCUT2D eigenvalue weighted by Crippen LogP contribution is -2.29. The van der Waals surface area contributed by atoms with Gasteiger partial charge in [0.2, 0.25) is 0 Å². The molecular weight excluding hydrogens is 372 g/mol. The average molecular weight is 392 g/mol. The minimum absolute atomic E-state index is 0.290. The molecule has 3 aromatic carbocycles. The quantitative estimate of drug-likeness (QED) is 0.608. The van der Waals surface area contributed by atoms with Gasteiger partial charge in [0.1, 0.15) is 5.75 Å². The fraction of sp³-hybridized carbons (Fsp3) is 0.136. The van der Waals surface area contributed by atoms with Gasteiger partial charge in [-0.1, -0.05) is 36.0 Å². The van der Waals surface area contributed by atoms with Gasteiger partial charge in [0, 0.05) is 15.5 Å². The fourth-order valence-electron chi connectivity index (χ4n) is 3.32. The molecule has 0 saturated heterocycles. The standard InChI is InChI=1S/C22H20N2O3S/c1-14-6-3-4-8-17(14)23-13-24-18-11-10-15(27-2)12-20(18)28-19-9-5-7-16(21(19)24)22(25)26/h3-12,23H,13H2,1-2H3,(H,25,26). The summed E-state index contributed by atoms with van der Waals surface area (Å²) in [6, 6.07) is 19.3. The van der Waals surface area contributed by atoms with Gasteiger partial charge < -0.3 is 20.1 Å². The number of para-hydroxylation sites is 2. The van der Waals surface area contributed by atoms with Crippen molar-refractivity contribution in [2.75, 3.05) is 24.0 Å². The zero-order chi connectivity index (χ0) is 19.7. The third-order valence-corrected chi connectivity index (χ3v) is 5.85. The molecule has 0 atom stereocenters. The van der Waals surface area contributed by atoms with Gasteiger partial charge in [-0.3, -0.25) is 0 Å². The number of benzene rings is 3. The van der Waals surface area contributed by atoms with E-state index in [1.165, 1.54) is 0 Å². The van der Waals surface area contributed by atoms with E-state index >= 15 is 0 Å². The molecule has 0 bridgehead atoms. The van der Waals surface area contributed by atoms with Crippen LogP contribution in [-0.4, -0.2) is 24.9 Å². The Labute approximate surface area is 168 Å². The number of anilines is 3. The van der Waals surface area contributed by atoms with Crippen LogP contribution < -0.4 is 15.0 Å². The third kappa shape index (κ3) is 3.27. The highest BCUT2D eigenvalue weighted by Gasteiger charge is 2.28. The number of hydrogen-bond acceptors (Lipinski definition) is 5. The van der Waals surface area contributed by atoms with Crippen molar-refractivity contribution in [2.24, 2.45) is 0 Å². The number of methoxy groups -OCH3 is 1. The van der Waals surface area contributed by atoms with E-state index in [2.05, 4.69) is 5.32 Å². The summed E-state index contributed by atoms with van der Waals surface area (Å²) in [6.45, 7) is 2.49. The highest BCUT2D eigenvalue weighted by atomic mass is 32.2. The second-order valence-electron chi connectivity index (χ2n) is 6.47. The highest BCUT2D eigenvalue weighted by Crippen LogP contribution is 2.50. The molecule has 0 saturated carbocycles. The van der Waals surface area contributed by atoms with Gasteiger partial charge >= 0.3 is 5.97 Å². The number of hydrogen-bond donors (Lipinski definition) is 2. The number of fused-ring (bicyclic) bond motifs is 2. The number of ether oxygens (including phenoxy) is 1. The Hall–Kier alpha value is -3.12. The van der Waals surface area contributed by atoms with Crippen LogP contribution in [0, 0.1) is 6.92 Å². The number of aryl methyl sites for hydroxylation is 1. The van der Waals surface area contributed by atoms with Crippen LogP contribution in [-0.2, 0) is 0 Å². The van der Waals surface area contributed by atoms with Crippen LogP contribution in [0.5, 0.6) is 5.75 Å². The molecule has 142 valence electrons. The summed E-state index contributed by atoms with van der Waals surface area (Å²) in [7, 11) is 1.64. The van der Waals surface area contributed by atoms with Crippen LogP contribution in [0.1, 0.15) is 15.9 Å². The topological polar surface area (TPSA) is 61.8 Å². The first-order chi connectivity index (χ1) is 13.6. The van der Waals surface area contributed by atoms with Crippen molar-refractivity contribution in [3.8, 4) is 5.75 Å². The van der Waals surface area contributed by atoms with Gasteiger partial charge in [-0.2, -0.15) is 0 Å². The van der Waals surface area contributed by atoms with Crippen molar-refractivity contribution in [1.82, 2.24) is 0 Å². The van der Waals surface area contributed by atoms with Crippen molar-refractivity contribution in [3.05, 3.63) is 71.8 Å². The van der Waals surface area contributed by atoms with Crippen LogP contribution in [0.15, 0.2) is 70.5 Å². The summed E-state index contributed by atoms with van der Waals surface area (Å²) in [5.41, 5.74) is 4.10. The number of nitrogens with zero attached hydrogens (tertiary/aromatic N) is 1. The zero-order valence-corrected chi connectivity index (χ0v) is 16.4. The molecule has 0 aromatic heterocycles. The summed E-state index contributed by atoms with van der Waals surface area (Å²) in [4.78, 5) is 15.8. The maximum absolute atomic E-state index is 11.9. The van der Waals surface area contributed by atoms with Gasteiger partial charge in [0.15, 0.2) is 0 Å². The van der Waals surface area contributed by atoms with E-state index in [9.17, 15) is 9.90 Å². The third-order valence-electron chi connectivity index (χ3n) is 4.75. The zero-order valence-electron chi connectivity index (χ0n) is 15.6. The first-order valence-electron chi connectivity index (χ1n) is 8.87. The fourth-order valence-corrected chi connectivity index (χ4v) is 4.48. The van der Waals surface area contributed by atoms with Crippen molar-refractivity contribution < 1.29 is 14.6 Å². The Kier molecular flexibility index (Phi) is 4.88. The van der Waals surface area contributed by atoms with E-state index in [4.69, 9.17) is 4.74 Å². The van der Waals surface area contributed by atoms with E-state index in [1.807, 2.05) is 60.4 Å². The van der Waals surface area contributed by atoms with Crippen molar-refractivity contribution >= 4 is 34.8 Å². The van der Waals surface area contributed by atoms with E-state index in [1.54, 1.807) is 31.0 Å². The minimum Gasteiger partial charge on any atom is -0.497 e. The smallest absolute Gasteiger partial charge is 0.337 e. The molecule has 1 aliphatic rings. The van der Waals surface area contributed by atoms with Crippen LogP contribution in [0.25, 0.3) is 0 Å². The molecule has 1 heterocycles. The lowest BCUT2D eigenvalue weighted by atomic mass is 10.1. The molecule has 0 radical (unpaired) electrons. The molecule has 3 aromatic rings. The van der Waals surface area contributed by atoms with Crippen LogP contribution in [0.2, 0.25) is 0 Å². The lowest BCUT2D eigenvalue weighted by molar-refractivity contribution is 0.0697. The summed E-state index contributed by atoms with van der Waals surface area (Å²) in [5.74, 6) is -0.161. The molecule has 5 nitrogen and oxygen atoms in total. The van der Waals surface area contributed by atoms with Gasteiger partial charge in [0.25, 0.3) is 0 Å². The molecule has 0 fully saturated rings. The maximum atomic E-state index is 11.9. The second-order valence-corrected chi connectivity index (χ2v) is 7.55. The molecule has 2 N–H and O–H groups in total. The number of carboxylic acids is 1. The van der Waals surface area contributed by atoms with E-state index in [0.29, 0.717) is 12.4 Å². The summed E-state index contributed by atoms with van der Waals surface area (Å²) in [5, 5.41) is 13.2. The molecule has 6 heteroatoms. The van der Waals surface area contributed by atoms with E-state index in [-0.39, 0.29) is 5.56 Å². The monoisotopic (exact) mass is 392 g/mol. The molecular formula is C22H20N2O3S. The summed E-state index contributed by atoms with van der Waals surface area (Å²) >= 11 is 1.56. The molecule has 0 unspecified atom stereocenters. The number of rotatable bonds is 5. The van der Waals surface area contributed by atoms with Gasteiger partial charge in [-0.05, 0) is 48.9 Å². The van der Waals surface area contributed by atoms with E-state index < -0.39 is 5.97 Å². The number of nitrogens with one attached hydrogen (secondary N) is 1.